The number of carboxylic acid groups (broad SMARTS) is 1. The first-order chi connectivity index (χ1) is 9.70. The number of benzene rings is 1. The fourth-order valence-electron chi connectivity index (χ4n) is 2.81. The van der Waals surface area contributed by atoms with Crippen LogP contribution in [-0.4, -0.2) is 35.8 Å². The van der Waals surface area contributed by atoms with Gasteiger partial charge in [0.15, 0.2) is 0 Å². The Morgan fingerprint density at radius 1 is 1.45 bits per heavy atom. The maximum atomic E-state index is 11.3. The van der Waals surface area contributed by atoms with Crippen molar-refractivity contribution in [2.24, 2.45) is 0 Å². The fraction of sp³-hybridized carbons (Fsp3) is 0.333. The third-order valence-electron chi connectivity index (χ3n) is 3.77. The molecule has 1 fully saturated rings. The zero-order valence-corrected chi connectivity index (χ0v) is 11.2. The predicted molar refractivity (Wildman–Crippen MR) is 76.3 cm³/mol. The summed E-state index contributed by atoms with van der Waals surface area (Å²) in [5.74, 6) is -0.167. The Labute approximate surface area is 116 Å². The van der Waals surface area contributed by atoms with Gasteiger partial charge in [0.1, 0.15) is 6.04 Å². The number of rotatable bonds is 3. The fourth-order valence-corrected chi connectivity index (χ4v) is 2.81. The van der Waals surface area contributed by atoms with Crippen molar-refractivity contribution < 1.29 is 14.6 Å². The van der Waals surface area contributed by atoms with E-state index in [-0.39, 0.29) is 0 Å². The summed E-state index contributed by atoms with van der Waals surface area (Å²) < 4.78 is 5.23. The molecule has 1 aromatic carbocycles. The number of pyridine rings is 1. The lowest BCUT2D eigenvalue weighted by Crippen LogP contribution is -2.35. The Balaban J connectivity index is 2.03. The Kier molecular flexibility index (Phi) is 3.18. The molecule has 1 aliphatic rings. The van der Waals surface area contributed by atoms with E-state index in [4.69, 9.17) is 4.74 Å². The number of aromatic nitrogens is 1. The zero-order valence-electron chi connectivity index (χ0n) is 11.2. The number of methoxy groups -OCH3 is 1. The molecule has 0 spiro atoms. The van der Waals surface area contributed by atoms with Crippen LogP contribution in [0.2, 0.25) is 0 Å². The number of aliphatic carboxylic acids is 1. The number of carbonyl (C=O) groups is 1. The molecule has 5 nitrogen and oxygen atoms in total. The second kappa shape index (κ2) is 5.00. The topological polar surface area (TPSA) is 62.7 Å². The van der Waals surface area contributed by atoms with Gasteiger partial charge >= 0.3 is 5.97 Å². The van der Waals surface area contributed by atoms with Crippen LogP contribution in [0.3, 0.4) is 0 Å². The SMILES string of the molecule is COc1nccc2cc(N3CCCC3C(=O)O)ccc12. The van der Waals surface area contributed by atoms with E-state index in [1.54, 1.807) is 13.3 Å². The highest BCUT2D eigenvalue weighted by Crippen LogP contribution is 2.31. The van der Waals surface area contributed by atoms with Gasteiger partial charge in [0, 0.05) is 23.8 Å². The molecule has 2 heterocycles. The number of hydrogen-bond acceptors (Lipinski definition) is 4. The monoisotopic (exact) mass is 272 g/mol. The van der Waals surface area contributed by atoms with Gasteiger partial charge in [-0.3, -0.25) is 0 Å². The molecule has 1 unspecified atom stereocenters. The minimum absolute atomic E-state index is 0.420. The molecule has 1 aromatic heterocycles. The second-order valence-electron chi connectivity index (χ2n) is 4.92. The number of hydrogen-bond donors (Lipinski definition) is 1. The van der Waals surface area contributed by atoms with Gasteiger partial charge in [-0.05, 0) is 42.5 Å². The summed E-state index contributed by atoms with van der Waals surface area (Å²) in [6, 6.07) is 7.37. The van der Waals surface area contributed by atoms with Crippen molar-refractivity contribution in [2.75, 3.05) is 18.6 Å². The number of carboxylic acids is 1. The lowest BCUT2D eigenvalue weighted by molar-refractivity contribution is -0.138. The predicted octanol–water partition coefficient (Wildman–Crippen LogP) is 2.30. The Hall–Kier alpha value is -2.30. The van der Waals surface area contributed by atoms with Crippen LogP contribution < -0.4 is 9.64 Å². The van der Waals surface area contributed by atoms with Crippen LogP contribution in [0, 0.1) is 0 Å². The van der Waals surface area contributed by atoms with Crippen LogP contribution in [0.25, 0.3) is 10.8 Å². The smallest absolute Gasteiger partial charge is 0.326 e. The maximum Gasteiger partial charge on any atom is 0.326 e. The molecular formula is C15H16N2O3. The molecule has 0 radical (unpaired) electrons. The standard InChI is InChI=1S/C15H16N2O3/c1-20-14-12-5-4-11(9-10(12)6-7-16-14)17-8-2-3-13(17)15(18)19/h4-7,9,13H,2-3,8H2,1H3,(H,18,19). The Morgan fingerprint density at radius 3 is 3.05 bits per heavy atom. The zero-order chi connectivity index (χ0) is 14.1. The lowest BCUT2D eigenvalue weighted by Gasteiger charge is -2.24. The van der Waals surface area contributed by atoms with Crippen molar-refractivity contribution in [2.45, 2.75) is 18.9 Å². The van der Waals surface area contributed by atoms with E-state index < -0.39 is 12.0 Å². The first kappa shape index (κ1) is 12.7. The van der Waals surface area contributed by atoms with Crippen molar-refractivity contribution in [3.8, 4) is 5.88 Å². The van der Waals surface area contributed by atoms with E-state index in [1.165, 1.54) is 0 Å². The third-order valence-corrected chi connectivity index (χ3v) is 3.77. The van der Waals surface area contributed by atoms with Crippen LogP contribution in [0.5, 0.6) is 5.88 Å². The van der Waals surface area contributed by atoms with Gasteiger partial charge in [0.05, 0.1) is 7.11 Å². The summed E-state index contributed by atoms with van der Waals surface area (Å²) in [5.41, 5.74) is 0.940. The molecule has 104 valence electrons. The largest absolute Gasteiger partial charge is 0.481 e. The molecule has 0 amide bonds. The van der Waals surface area contributed by atoms with E-state index in [0.717, 1.165) is 29.4 Å². The molecule has 1 atom stereocenters. The second-order valence-corrected chi connectivity index (χ2v) is 4.92. The average Bonchev–Trinajstić information content (AvgIpc) is 2.95. The van der Waals surface area contributed by atoms with E-state index in [2.05, 4.69) is 4.98 Å². The highest BCUT2D eigenvalue weighted by molar-refractivity contribution is 5.90. The van der Waals surface area contributed by atoms with Gasteiger partial charge in [-0.1, -0.05) is 0 Å². The molecule has 0 bridgehead atoms. The molecule has 1 saturated heterocycles. The van der Waals surface area contributed by atoms with Gasteiger partial charge in [0.2, 0.25) is 5.88 Å². The summed E-state index contributed by atoms with van der Waals surface area (Å²) in [7, 11) is 1.59. The van der Waals surface area contributed by atoms with Crippen LogP contribution in [-0.2, 0) is 4.79 Å². The minimum atomic E-state index is -0.755. The summed E-state index contributed by atoms with van der Waals surface area (Å²) in [4.78, 5) is 17.4. The van der Waals surface area contributed by atoms with Crippen molar-refractivity contribution in [1.82, 2.24) is 4.98 Å². The Bertz CT molecular complexity index is 657. The van der Waals surface area contributed by atoms with E-state index >= 15 is 0 Å². The molecule has 1 aliphatic heterocycles. The highest BCUT2D eigenvalue weighted by Gasteiger charge is 2.30. The molecule has 2 aromatic rings. The van der Waals surface area contributed by atoms with Crippen molar-refractivity contribution in [3.05, 3.63) is 30.5 Å². The first-order valence-corrected chi connectivity index (χ1v) is 6.63. The molecule has 0 aliphatic carbocycles. The minimum Gasteiger partial charge on any atom is -0.481 e. The van der Waals surface area contributed by atoms with Crippen LogP contribution in [0.15, 0.2) is 30.5 Å². The first-order valence-electron chi connectivity index (χ1n) is 6.63. The number of ether oxygens (including phenoxy) is 1. The van der Waals surface area contributed by atoms with Crippen molar-refractivity contribution in [3.63, 3.8) is 0 Å². The summed E-state index contributed by atoms with van der Waals surface area (Å²) in [6.07, 6.45) is 3.31. The van der Waals surface area contributed by atoms with E-state index in [1.807, 2.05) is 29.2 Å². The van der Waals surface area contributed by atoms with E-state index in [9.17, 15) is 9.90 Å². The normalized spacial score (nSPS) is 18.4. The van der Waals surface area contributed by atoms with Gasteiger partial charge in [0.25, 0.3) is 0 Å². The van der Waals surface area contributed by atoms with Crippen molar-refractivity contribution >= 4 is 22.4 Å². The molecule has 1 N–H and O–H groups in total. The lowest BCUT2D eigenvalue weighted by atomic mass is 10.1. The summed E-state index contributed by atoms with van der Waals surface area (Å²) in [6.45, 7) is 0.782. The van der Waals surface area contributed by atoms with Crippen LogP contribution >= 0.6 is 0 Å². The number of fused-ring (bicyclic) bond motifs is 1. The highest BCUT2D eigenvalue weighted by atomic mass is 16.5. The van der Waals surface area contributed by atoms with Crippen molar-refractivity contribution in [1.29, 1.82) is 0 Å². The average molecular weight is 272 g/mol. The third kappa shape index (κ3) is 2.05. The van der Waals surface area contributed by atoms with Crippen LogP contribution in [0.4, 0.5) is 5.69 Å². The van der Waals surface area contributed by atoms with Crippen LogP contribution in [0.1, 0.15) is 12.8 Å². The maximum absolute atomic E-state index is 11.3. The molecular weight excluding hydrogens is 256 g/mol. The number of anilines is 1. The molecule has 20 heavy (non-hydrogen) atoms. The summed E-state index contributed by atoms with van der Waals surface area (Å²) >= 11 is 0. The quantitative estimate of drug-likeness (QED) is 0.928. The van der Waals surface area contributed by atoms with E-state index in [0.29, 0.717) is 12.3 Å². The molecule has 5 heteroatoms. The van der Waals surface area contributed by atoms with Gasteiger partial charge in [-0.15, -0.1) is 0 Å². The van der Waals surface area contributed by atoms with Gasteiger partial charge < -0.3 is 14.7 Å². The number of nitrogens with zero attached hydrogens (tertiary/aromatic N) is 2. The van der Waals surface area contributed by atoms with Gasteiger partial charge in [-0.25, -0.2) is 9.78 Å². The molecule has 3 rings (SSSR count). The molecule has 0 saturated carbocycles. The van der Waals surface area contributed by atoms with Gasteiger partial charge in [-0.2, -0.15) is 0 Å². The summed E-state index contributed by atoms with van der Waals surface area (Å²) in [5, 5.41) is 11.2. The Morgan fingerprint density at radius 2 is 2.30 bits per heavy atom.